The molecule has 1 aromatic carbocycles. The summed E-state index contributed by atoms with van der Waals surface area (Å²) >= 11 is 6.03. The molecule has 0 spiro atoms. The van der Waals surface area contributed by atoms with Gasteiger partial charge < -0.3 is 10.2 Å². The van der Waals surface area contributed by atoms with Crippen LogP contribution >= 0.6 is 24.0 Å². The van der Waals surface area contributed by atoms with Crippen molar-refractivity contribution in [1.82, 2.24) is 10.2 Å². The number of halogens is 2. The Labute approximate surface area is 144 Å². The van der Waals surface area contributed by atoms with E-state index in [0.717, 1.165) is 43.1 Å². The SMILES string of the molecule is CNCC1CCN(C(=O)C(C)(C)Cc2cccc(Cl)c2)C1.Cl. The Bertz CT molecular complexity index is 505. The van der Waals surface area contributed by atoms with E-state index < -0.39 is 0 Å². The quantitative estimate of drug-likeness (QED) is 0.887. The van der Waals surface area contributed by atoms with Gasteiger partial charge in [0.2, 0.25) is 5.91 Å². The Morgan fingerprint density at radius 2 is 2.18 bits per heavy atom. The molecule has 1 N–H and O–H groups in total. The first kappa shape index (κ1) is 19.3. The van der Waals surface area contributed by atoms with Crippen LogP contribution in [0.3, 0.4) is 0 Å². The van der Waals surface area contributed by atoms with Gasteiger partial charge in [0, 0.05) is 23.5 Å². The standard InChI is InChI=1S/C17H25ClN2O.ClH/c1-17(2,10-13-5-4-6-15(18)9-13)16(21)20-8-7-14(12-20)11-19-3;/h4-6,9,14,19H,7-8,10-12H2,1-3H3;1H. The van der Waals surface area contributed by atoms with E-state index in [9.17, 15) is 4.79 Å². The van der Waals surface area contributed by atoms with Gasteiger partial charge in [-0.2, -0.15) is 0 Å². The highest BCUT2D eigenvalue weighted by molar-refractivity contribution is 6.30. The molecule has 1 atom stereocenters. The van der Waals surface area contributed by atoms with Crippen molar-refractivity contribution in [2.75, 3.05) is 26.7 Å². The van der Waals surface area contributed by atoms with Crippen molar-refractivity contribution in [1.29, 1.82) is 0 Å². The summed E-state index contributed by atoms with van der Waals surface area (Å²) in [6, 6.07) is 7.79. The van der Waals surface area contributed by atoms with E-state index in [2.05, 4.69) is 5.32 Å². The number of carbonyl (C=O) groups excluding carboxylic acids is 1. The Balaban J connectivity index is 0.00000242. The topological polar surface area (TPSA) is 32.3 Å². The number of hydrogen-bond donors (Lipinski definition) is 1. The smallest absolute Gasteiger partial charge is 0.228 e. The van der Waals surface area contributed by atoms with Gasteiger partial charge in [-0.05, 0) is 50.0 Å². The number of benzene rings is 1. The lowest BCUT2D eigenvalue weighted by Gasteiger charge is -2.29. The number of likely N-dealkylation sites (tertiary alicyclic amines) is 1. The second-order valence-electron chi connectivity index (χ2n) is 6.65. The third-order valence-electron chi connectivity index (χ3n) is 4.18. The zero-order valence-corrected chi connectivity index (χ0v) is 15.1. The highest BCUT2D eigenvalue weighted by Gasteiger charge is 2.35. The van der Waals surface area contributed by atoms with E-state index in [4.69, 9.17) is 11.6 Å². The monoisotopic (exact) mass is 344 g/mol. The predicted molar refractivity (Wildman–Crippen MR) is 94.8 cm³/mol. The molecule has 1 aliphatic heterocycles. The van der Waals surface area contributed by atoms with Crippen molar-refractivity contribution in [3.05, 3.63) is 34.9 Å². The van der Waals surface area contributed by atoms with Crippen molar-refractivity contribution >= 4 is 29.9 Å². The molecule has 124 valence electrons. The minimum atomic E-state index is -0.390. The van der Waals surface area contributed by atoms with Gasteiger partial charge in [0.1, 0.15) is 0 Å². The average Bonchev–Trinajstić information content (AvgIpc) is 2.86. The van der Waals surface area contributed by atoms with Crippen LogP contribution in [0.15, 0.2) is 24.3 Å². The van der Waals surface area contributed by atoms with Gasteiger partial charge in [-0.1, -0.05) is 37.6 Å². The van der Waals surface area contributed by atoms with Gasteiger partial charge >= 0.3 is 0 Å². The molecular formula is C17H26Cl2N2O. The molecule has 0 radical (unpaired) electrons. The fourth-order valence-electron chi connectivity index (χ4n) is 3.13. The summed E-state index contributed by atoms with van der Waals surface area (Å²) in [4.78, 5) is 14.8. The molecule has 1 fully saturated rings. The number of nitrogens with one attached hydrogen (secondary N) is 1. The molecule has 1 unspecified atom stereocenters. The number of carbonyl (C=O) groups is 1. The normalized spacial score (nSPS) is 18.2. The minimum Gasteiger partial charge on any atom is -0.342 e. The fraction of sp³-hybridized carbons (Fsp3) is 0.588. The van der Waals surface area contributed by atoms with Crippen LogP contribution in [-0.2, 0) is 11.2 Å². The van der Waals surface area contributed by atoms with Gasteiger partial charge in [-0.25, -0.2) is 0 Å². The van der Waals surface area contributed by atoms with Crippen LogP contribution in [0.2, 0.25) is 5.02 Å². The van der Waals surface area contributed by atoms with Crippen molar-refractivity contribution in [2.24, 2.45) is 11.3 Å². The first-order chi connectivity index (χ1) is 9.92. The minimum absolute atomic E-state index is 0. The third-order valence-corrected chi connectivity index (χ3v) is 4.42. The van der Waals surface area contributed by atoms with Crippen molar-refractivity contribution < 1.29 is 4.79 Å². The van der Waals surface area contributed by atoms with Crippen LogP contribution in [0.4, 0.5) is 0 Å². The van der Waals surface area contributed by atoms with Gasteiger partial charge in [-0.15, -0.1) is 12.4 Å². The Kier molecular flexibility index (Phi) is 7.17. The van der Waals surface area contributed by atoms with E-state index in [0.29, 0.717) is 5.92 Å². The van der Waals surface area contributed by atoms with Crippen LogP contribution in [0, 0.1) is 11.3 Å². The van der Waals surface area contributed by atoms with Crippen molar-refractivity contribution in [3.63, 3.8) is 0 Å². The Morgan fingerprint density at radius 1 is 1.45 bits per heavy atom. The summed E-state index contributed by atoms with van der Waals surface area (Å²) in [6.45, 7) is 6.80. The highest BCUT2D eigenvalue weighted by Crippen LogP contribution is 2.28. The number of nitrogens with zero attached hydrogens (tertiary/aromatic N) is 1. The van der Waals surface area contributed by atoms with Crippen LogP contribution in [0.1, 0.15) is 25.8 Å². The highest BCUT2D eigenvalue weighted by atomic mass is 35.5. The molecule has 1 aliphatic rings. The van der Waals surface area contributed by atoms with Crippen LogP contribution in [-0.4, -0.2) is 37.5 Å². The zero-order valence-electron chi connectivity index (χ0n) is 13.6. The third kappa shape index (κ3) is 4.87. The molecule has 0 saturated carbocycles. The maximum atomic E-state index is 12.8. The number of amides is 1. The van der Waals surface area contributed by atoms with E-state index in [1.165, 1.54) is 0 Å². The molecular weight excluding hydrogens is 319 g/mol. The van der Waals surface area contributed by atoms with E-state index >= 15 is 0 Å². The summed E-state index contributed by atoms with van der Waals surface area (Å²) in [5.74, 6) is 0.835. The average molecular weight is 345 g/mol. The van der Waals surface area contributed by atoms with Gasteiger partial charge in [-0.3, -0.25) is 4.79 Å². The molecule has 22 heavy (non-hydrogen) atoms. The van der Waals surface area contributed by atoms with Crippen molar-refractivity contribution in [3.8, 4) is 0 Å². The predicted octanol–water partition coefficient (Wildman–Crippen LogP) is 3.40. The fourth-order valence-corrected chi connectivity index (χ4v) is 3.35. The molecule has 1 amide bonds. The van der Waals surface area contributed by atoms with E-state index in [-0.39, 0.29) is 23.7 Å². The lowest BCUT2D eigenvalue weighted by Crippen LogP contribution is -2.41. The zero-order chi connectivity index (χ0) is 15.5. The lowest BCUT2D eigenvalue weighted by molar-refractivity contribution is -0.139. The number of rotatable bonds is 5. The second kappa shape index (κ2) is 8.19. The molecule has 2 rings (SSSR count). The van der Waals surface area contributed by atoms with Crippen LogP contribution < -0.4 is 5.32 Å². The Hall–Kier alpha value is -0.770. The molecule has 0 bridgehead atoms. The first-order valence-corrected chi connectivity index (χ1v) is 7.98. The number of hydrogen-bond acceptors (Lipinski definition) is 2. The molecule has 1 aromatic rings. The maximum absolute atomic E-state index is 12.8. The van der Waals surface area contributed by atoms with Crippen LogP contribution in [0.25, 0.3) is 0 Å². The van der Waals surface area contributed by atoms with Crippen molar-refractivity contribution in [2.45, 2.75) is 26.7 Å². The molecule has 0 aliphatic carbocycles. The molecule has 5 heteroatoms. The maximum Gasteiger partial charge on any atom is 0.228 e. The first-order valence-electron chi connectivity index (χ1n) is 7.61. The molecule has 1 saturated heterocycles. The second-order valence-corrected chi connectivity index (χ2v) is 7.09. The Morgan fingerprint density at radius 3 is 2.82 bits per heavy atom. The summed E-state index contributed by atoms with van der Waals surface area (Å²) < 4.78 is 0. The lowest BCUT2D eigenvalue weighted by atomic mass is 9.84. The van der Waals surface area contributed by atoms with Gasteiger partial charge in [0.15, 0.2) is 0 Å². The molecule has 1 heterocycles. The van der Waals surface area contributed by atoms with Gasteiger partial charge in [0.25, 0.3) is 0 Å². The summed E-state index contributed by atoms with van der Waals surface area (Å²) in [5, 5.41) is 3.93. The summed E-state index contributed by atoms with van der Waals surface area (Å²) in [7, 11) is 1.97. The van der Waals surface area contributed by atoms with E-state index in [1.807, 2.05) is 50.1 Å². The summed E-state index contributed by atoms with van der Waals surface area (Å²) in [5.41, 5.74) is 0.728. The van der Waals surface area contributed by atoms with Crippen LogP contribution in [0.5, 0.6) is 0 Å². The largest absolute Gasteiger partial charge is 0.342 e. The summed E-state index contributed by atoms with van der Waals surface area (Å²) in [6.07, 6.45) is 1.82. The molecule has 3 nitrogen and oxygen atoms in total. The molecule has 0 aromatic heterocycles. The van der Waals surface area contributed by atoms with E-state index in [1.54, 1.807) is 0 Å². The van der Waals surface area contributed by atoms with Gasteiger partial charge in [0.05, 0.1) is 0 Å².